The van der Waals surface area contributed by atoms with E-state index in [0.29, 0.717) is 13.1 Å². The first kappa shape index (κ1) is 13.7. The fourth-order valence-electron chi connectivity index (χ4n) is 1.62. The van der Waals surface area contributed by atoms with E-state index in [9.17, 15) is 4.79 Å². The number of carbonyl (C=O) groups is 1. The van der Waals surface area contributed by atoms with E-state index in [2.05, 4.69) is 0 Å². The second-order valence-corrected chi connectivity index (χ2v) is 3.86. The molecule has 1 unspecified atom stereocenters. The van der Waals surface area contributed by atoms with Gasteiger partial charge < -0.3 is 4.84 Å². The largest absolute Gasteiger partial charge is 0.367 e. The predicted octanol–water partition coefficient (Wildman–Crippen LogP) is 2.54. The number of nitrogens with zero attached hydrogens (tertiary/aromatic N) is 1. The molecule has 0 radical (unpaired) electrons. The van der Waals surface area contributed by atoms with Crippen molar-refractivity contribution in [3.63, 3.8) is 0 Å². The van der Waals surface area contributed by atoms with Gasteiger partial charge in [-0.3, -0.25) is 0 Å². The van der Waals surface area contributed by atoms with Crippen LogP contribution in [0.25, 0.3) is 0 Å². The Bertz CT molecular complexity index is 384. The Kier molecular flexibility index (Phi) is 5.19. The third-order valence-corrected chi connectivity index (χ3v) is 2.66. The van der Waals surface area contributed by atoms with Gasteiger partial charge in [0.1, 0.15) is 0 Å². The summed E-state index contributed by atoms with van der Waals surface area (Å²) in [6, 6.07) is 9.67. The van der Waals surface area contributed by atoms with Gasteiger partial charge in [-0.15, -0.1) is 17.5 Å². The Labute approximate surface area is 107 Å². The molecule has 0 aromatic heterocycles. The highest BCUT2D eigenvalue weighted by Gasteiger charge is 2.20. The second kappa shape index (κ2) is 6.42. The summed E-state index contributed by atoms with van der Waals surface area (Å²) < 4.78 is 0. The molecule has 1 heterocycles. The van der Waals surface area contributed by atoms with Gasteiger partial charge in [0.2, 0.25) is 0 Å². The molecule has 17 heavy (non-hydrogen) atoms. The van der Waals surface area contributed by atoms with Crippen molar-refractivity contribution >= 4 is 18.4 Å². The van der Waals surface area contributed by atoms with Crippen LogP contribution in [0.2, 0.25) is 0 Å². The maximum atomic E-state index is 11.8. The minimum Gasteiger partial charge on any atom is -0.367 e. The zero-order chi connectivity index (χ0) is 11.4. The highest BCUT2D eigenvalue weighted by atomic mass is 35.5. The third kappa shape index (κ3) is 3.58. The molecule has 0 spiro atoms. The van der Waals surface area contributed by atoms with Gasteiger partial charge in [0.05, 0.1) is 19.0 Å². The van der Waals surface area contributed by atoms with Crippen molar-refractivity contribution in [1.82, 2.24) is 5.06 Å². The van der Waals surface area contributed by atoms with Crippen LogP contribution in [-0.4, -0.2) is 24.1 Å². The highest BCUT2D eigenvalue weighted by Crippen LogP contribution is 2.17. The quantitative estimate of drug-likeness (QED) is 0.776. The van der Waals surface area contributed by atoms with Crippen LogP contribution >= 0.6 is 12.4 Å². The lowest BCUT2D eigenvalue weighted by atomic mass is 10.0. The Hall–Kier alpha value is -1.32. The molecule has 0 saturated heterocycles. The molecule has 4 heteroatoms. The average molecular weight is 254 g/mol. The zero-order valence-corrected chi connectivity index (χ0v) is 10.5. The molecule has 1 atom stereocenters. The molecule has 2 rings (SSSR count). The number of rotatable bonds is 3. The lowest BCUT2D eigenvalue weighted by Gasteiger charge is -2.17. The maximum absolute atomic E-state index is 11.8. The number of hydroxylamine groups is 2. The van der Waals surface area contributed by atoms with E-state index in [1.165, 1.54) is 0 Å². The fourth-order valence-corrected chi connectivity index (χ4v) is 1.62. The molecule has 1 aromatic rings. The van der Waals surface area contributed by atoms with Gasteiger partial charge in [-0.25, -0.2) is 4.79 Å². The van der Waals surface area contributed by atoms with Gasteiger partial charge >= 0.3 is 5.97 Å². The molecule has 0 aliphatic carbocycles. The van der Waals surface area contributed by atoms with Crippen molar-refractivity contribution < 1.29 is 9.63 Å². The van der Waals surface area contributed by atoms with E-state index < -0.39 is 0 Å². The smallest absolute Gasteiger partial charge is 0.332 e. The molecular formula is C13H16ClNO2. The van der Waals surface area contributed by atoms with Crippen LogP contribution in [0.1, 0.15) is 18.4 Å². The summed E-state index contributed by atoms with van der Waals surface area (Å²) in [7, 11) is 0. The minimum atomic E-state index is -0.221. The van der Waals surface area contributed by atoms with E-state index >= 15 is 0 Å². The van der Waals surface area contributed by atoms with Gasteiger partial charge in [-0.1, -0.05) is 42.5 Å². The Morgan fingerprint density at radius 2 is 1.82 bits per heavy atom. The second-order valence-electron chi connectivity index (χ2n) is 3.86. The minimum absolute atomic E-state index is 0. The molecule has 1 aliphatic heterocycles. The SMILES string of the molecule is CC(C(=O)ON1CC=CC1)c1ccccc1.Cl. The topological polar surface area (TPSA) is 29.5 Å². The summed E-state index contributed by atoms with van der Waals surface area (Å²) in [5.41, 5.74) is 0.986. The molecule has 0 saturated carbocycles. The van der Waals surface area contributed by atoms with Crippen molar-refractivity contribution in [2.45, 2.75) is 12.8 Å². The van der Waals surface area contributed by atoms with Gasteiger partial charge in [-0.05, 0) is 12.5 Å². The first-order valence-corrected chi connectivity index (χ1v) is 5.44. The zero-order valence-electron chi connectivity index (χ0n) is 9.70. The molecule has 0 bridgehead atoms. The number of carbonyl (C=O) groups excluding carboxylic acids is 1. The molecule has 3 nitrogen and oxygen atoms in total. The molecule has 0 fully saturated rings. The first-order valence-electron chi connectivity index (χ1n) is 5.44. The Balaban J connectivity index is 0.00000144. The summed E-state index contributed by atoms with van der Waals surface area (Å²) in [4.78, 5) is 17.1. The van der Waals surface area contributed by atoms with E-state index in [0.717, 1.165) is 5.56 Å². The van der Waals surface area contributed by atoms with E-state index in [1.807, 2.05) is 49.4 Å². The summed E-state index contributed by atoms with van der Waals surface area (Å²) in [5.74, 6) is -0.420. The van der Waals surface area contributed by atoms with Crippen LogP contribution < -0.4 is 0 Å². The molecule has 92 valence electrons. The normalized spacial score (nSPS) is 16.3. The summed E-state index contributed by atoms with van der Waals surface area (Å²) in [6.45, 7) is 3.24. The molecule has 0 amide bonds. The van der Waals surface area contributed by atoms with Crippen LogP contribution in [0.4, 0.5) is 0 Å². The van der Waals surface area contributed by atoms with Crippen molar-refractivity contribution in [2.24, 2.45) is 0 Å². The van der Waals surface area contributed by atoms with Gasteiger partial charge in [-0.2, -0.15) is 0 Å². The summed E-state index contributed by atoms with van der Waals surface area (Å²) >= 11 is 0. The standard InChI is InChI=1S/C13H15NO2.ClH/c1-11(12-7-3-2-4-8-12)13(15)16-14-9-5-6-10-14;/h2-8,11H,9-10H2,1H3;1H. The summed E-state index contributed by atoms with van der Waals surface area (Å²) in [6.07, 6.45) is 3.97. The summed E-state index contributed by atoms with van der Waals surface area (Å²) in [5, 5.41) is 1.65. The van der Waals surface area contributed by atoms with Gasteiger partial charge in [0, 0.05) is 0 Å². The number of benzene rings is 1. The third-order valence-electron chi connectivity index (χ3n) is 2.66. The molecule has 1 aliphatic rings. The van der Waals surface area contributed by atoms with Crippen molar-refractivity contribution in [3.8, 4) is 0 Å². The number of hydrogen-bond acceptors (Lipinski definition) is 3. The van der Waals surface area contributed by atoms with Crippen LogP contribution in [0.15, 0.2) is 42.5 Å². The van der Waals surface area contributed by atoms with Gasteiger partial charge in [0.25, 0.3) is 0 Å². The monoisotopic (exact) mass is 253 g/mol. The first-order chi connectivity index (χ1) is 7.77. The lowest BCUT2D eigenvalue weighted by molar-refractivity contribution is -0.185. The Morgan fingerprint density at radius 1 is 1.24 bits per heavy atom. The highest BCUT2D eigenvalue weighted by molar-refractivity contribution is 5.85. The molecule has 1 aromatic carbocycles. The number of halogens is 1. The molecular weight excluding hydrogens is 238 g/mol. The average Bonchev–Trinajstić information content (AvgIpc) is 2.82. The van der Waals surface area contributed by atoms with E-state index in [4.69, 9.17) is 4.84 Å². The van der Waals surface area contributed by atoms with Crippen molar-refractivity contribution in [2.75, 3.05) is 13.1 Å². The molecule has 0 N–H and O–H groups in total. The fraction of sp³-hybridized carbons (Fsp3) is 0.308. The van der Waals surface area contributed by atoms with E-state index in [-0.39, 0.29) is 24.3 Å². The van der Waals surface area contributed by atoms with Gasteiger partial charge in [0.15, 0.2) is 0 Å². The van der Waals surface area contributed by atoms with E-state index in [1.54, 1.807) is 5.06 Å². The van der Waals surface area contributed by atoms with Crippen molar-refractivity contribution in [3.05, 3.63) is 48.0 Å². The number of hydrogen-bond donors (Lipinski definition) is 0. The van der Waals surface area contributed by atoms with Crippen LogP contribution in [0, 0.1) is 0 Å². The predicted molar refractivity (Wildman–Crippen MR) is 68.9 cm³/mol. The van der Waals surface area contributed by atoms with Crippen molar-refractivity contribution in [1.29, 1.82) is 0 Å². The lowest BCUT2D eigenvalue weighted by Crippen LogP contribution is -2.27. The van der Waals surface area contributed by atoms with Crippen LogP contribution in [-0.2, 0) is 9.63 Å². The maximum Gasteiger partial charge on any atom is 0.332 e. The van der Waals surface area contributed by atoms with Crippen LogP contribution in [0.3, 0.4) is 0 Å². The van der Waals surface area contributed by atoms with Crippen LogP contribution in [0.5, 0.6) is 0 Å². The Morgan fingerprint density at radius 3 is 2.41 bits per heavy atom.